The summed E-state index contributed by atoms with van der Waals surface area (Å²) in [6.07, 6.45) is 7.81. The van der Waals surface area contributed by atoms with Gasteiger partial charge in [-0.1, -0.05) is 20.3 Å². The molecular formula is C17H34N2O. The van der Waals surface area contributed by atoms with Gasteiger partial charge < -0.3 is 15.3 Å². The number of hydrogen-bond donors (Lipinski definition) is 2. The second-order valence-corrected chi connectivity index (χ2v) is 7.46. The van der Waals surface area contributed by atoms with Gasteiger partial charge in [0.25, 0.3) is 0 Å². The topological polar surface area (TPSA) is 35.5 Å². The van der Waals surface area contributed by atoms with Crippen LogP contribution in [0.15, 0.2) is 0 Å². The number of likely N-dealkylation sites (tertiary alicyclic amines) is 1. The van der Waals surface area contributed by atoms with Crippen LogP contribution in [0.1, 0.15) is 52.4 Å². The van der Waals surface area contributed by atoms with Gasteiger partial charge in [-0.25, -0.2) is 0 Å². The predicted molar refractivity (Wildman–Crippen MR) is 84.8 cm³/mol. The fourth-order valence-corrected chi connectivity index (χ4v) is 3.61. The molecule has 2 atom stereocenters. The van der Waals surface area contributed by atoms with Crippen LogP contribution in [0, 0.1) is 17.8 Å². The molecule has 0 radical (unpaired) electrons. The first-order valence-corrected chi connectivity index (χ1v) is 8.74. The fraction of sp³-hybridized carbons (Fsp3) is 1.00. The molecular weight excluding hydrogens is 248 g/mol. The first kappa shape index (κ1) is 16.3. The van der Waals surface area contributed by atoms with Crippen LogP contribution in [0.2, 0.25) is 0 Å². The molecule has 0 aromatic rings. The van der Waals surface area contributed by atoms with Crippen molar-refractivity contribution in [2.45, 2.75) is 58.4 Å². The van der Waals surface area contributed by atoms with Crippen molar-refractivity contribution in [1.82, 2.24) is 10.2 Å². The van der Waals surface area contributed by atoms with Crippen LogP contribution in [0.5, 0.6) is 0 Å². The van der Waals surface area contributed by atoms with Gasteiger partial charge in [-0.3, -0.25) is 0 Å². The van der Waals surface area contributed by atoms with Gasteiger partial charge >= 0.3 is 0 Å². The van der Waals surface area contributed by atoms with Crippen LogP contribution in [-0.4, -0.2) is 48.8 Å². The Balaban J connectivity index is 1.76. The predicted octanol–water partition coefficient (Wildman–Crippen LogP) is 2.50. The molecule has 2 N–H and O–H groups in total. The number of rotatable bonds is 8. The minimum atomic E-state index is 0.348. The average molecular weight is 282 g/mol. The number of aliphatic hydroxyl groups excluding tert-OH is 1. The highest BCUT2D eigenvalue weighted by Gasteiger charge is 2.29. The molecule has 2 rings (SSSR count). The molecule has 1 saturated carbocycles. The highest BCUT2D eigenvalue weighted by Crippen LogP contribution is 2.29. The summed E-state index contributed by atoms with van der Waals surface area (Å²) in [5.41, 5.74) is 0. The Morgan fingerprint density at radius 2 is 2.00 bits per heavy atom. The van der Waals surface area contributed by atoms with Crippen LogP contribution in [0.3, 0.4) is 0 Å². The van der Waals surface area contributed by atoms with Gasteiger partial charge in [0, 0.05) is 32.3 Å². The van der Waals surface area contributed by atoms with Gasteiger partial charge in [0.05, 0.1) is 0 Å². The van der Waals surface area contributed by atoms with E-state index in [0.29, 0.717) is 18.6 Å². The first-order chi connectivity index (χ1) is 9.67. The van der Waals surface area contributed by atoms with Gasteiger partial charge in [0.1, 0.15) is 0 Å². The van der Waals surface area contributed by atoms with Gasteiger partial charge in [0.15, 0.2) is 0 Å². The molecule has 20 heavy (non-hydrogen) atoms. The molecule has 0 aromatic heterocycles. The zero-order chi connectivity index (χ0) is 14.4. The minimum Gasteiger partial charge on any atom is -0.396 e. The summed E-state index contributed by atoms with van der Waals surface area (Å²) in [5.74, 6) is 2.43. The summed E-state index contributed by atoms with van der Waals surface area (Å²) in [6.45, 7) is 9.80. The molecule has 0 spiro atoms. The smallest absolute Gasteiger partial charge is 0.0434 e. The lowest BCUT2D eigenvalue weighted by Crippen LogP contribution is -2.51. The van der Waals surface area contributed by atoms with E-state index in [1.54, 1.807) is 0 Å². The maximum atomic E-state index is 9.24. The van der Waals surface area contributed by atoms with Crippen molar-refractivity contribution < 1.29 is 5.11 Å². The Hall–Kier alpha value is -0.120. The van der Waals surface area contributed by atoms with E-state index < -0.39 is 0 Å². The van der Waals surface area contributed by atoms with E-state index in [9.17, 15) is 5.11 Å². The third-order valence-electron chi connectivity index (χ3n) is 5.05. The van der Waals surface area contributed by atoms with Crippen molar-refractivity contribution in [3.63, 3.8) is 0 Å². The standard InChI is InChI=1S/C17H34N2O/c1-14(2)6-8-18-17-10-16(7-9-20)12-19(13-17)11-15-4-3-5-15/h14-18,20H,3-13H2,1-2H3. The lowest BCUT2D eigenvalue weighted by molar-refractivity contribution is 0.0899. The molecule has 1 saturated heterocycles. The van der Waals surface area contributed by atoms with Gasteiger partial charge in [-0.15, -0.1) is 0 Å². The highest BCUT2D eigenvalue weighted by atomic mass is 16.3. The van der Waals surface area contributed by atoms with Crippen LogP contribution in [-0.2, 0) is 0 Å². The van der Waals surface area contributed by atoms with E-state index >= 15 is 0 Å². The molecule has 2 aliphatic rings. The lowest BCUT2D eigenvalue weighted by Gasteiger charge is -2.41. The summed E-state index contributed by atoms with van der Waals surface area (Å²) in [7, 11) is 0. The molecule has 118 valence electrons. The Morgan fingerprint density at radius 1 is 1.20 bits per heavy atom. The summed E-state index contributed by atoms with van der Waals surface area (Å²) < 4.78 is 0. The zero-order valence-electron chi connectivity index (χ0n) is 13.5. The van der Waals surface area contributed by atoms with E-state index in [2.05, 4.69) is 24.1 Å². The van der Waals surface area contributed by atoms with E-state index in [1.807, 2.05) is 0 Å². The molecule has 0 amide bonds. The number of piperidine rings is 1. The van der Waals surface area contributed by atoms with Gasteiger partial charge in [0.2, 0.25) is 0 Å². The monoisotopic (exact) mass is 282 g/mol. The molecule has 0 aromatic carbocycles. The van der Waals surface area contributed by atoms with Gasteiger partial charge in [-0.05, 0) is 56.4 Å². The Kier molecular flexibility index (Phi) is 6.79. The second-order valence-electron chi connectivity index (χ2n) is 7.46. The molecule has 2 unspecified atom stereocenters. The molecule has 1 aliphatic carbocycles. The number of nitrogens with zero attached hydrogens (tertiary/aromatic N) is 1. The van der Waals surface area contributed by atoms with Gasteiger partial charge in [-0.2, -0.15) is 0 Å². The average Bonchev–Trinajstić information content (AvgIpc) is 2.34. The van der Waals surface area contributed by atoms with Crippen LogP contribution >= 0.6 is 0 Å². The normalized spacial score (nSPS) is 28.8. The van der Waals surface area contributed by atoms with Crippen molar-refractivity contribution in [3.8, 4) is 0 Å². The molecule has 3 nitrogen and oxygen atoms in total. The maximum absolute atomic E-state index is 9.24. The Bertz CT molecular complexity index is 266. The van der Waals surface area contributed by atoms with E-state index in [1.165, 1.54) is 51.7 Å². The minimum absolute atomic E-state index is 0.348. The third kappa shape index (κ3) is 5.34. The highest BCUT2D eigenvalue weighted by molar-refractivity contribution is 4.85. The largest absolute Gasteiger partial charge is 0.396 e. The van der Waals surface area contributed by atoms with Crippen molar-refractivity contribution in [1.29, 1.82) is 0 Å². The fourth-order valence-electron chi connectivity index (χ4n) is 3.61. The quantitative estimate of drug-likeness (QED) is 0.718. The van der Waals surface area contributed by atoms with Crippen molar-refractivity contribution in [2.24, 2.45) is 17.8 Å². The van der Waals surface area contributed by atoms with E-state index in [4.69, 9.17) is 0 Å². The van der Waals surface area contributed by atoms with Crippen molar-refractivity contribution in [2.75, 3.05) is 32.8 Å². The third-order valence-corrected chi connectivity index (χ3v) is 5.05. The molecule has 1 aliphatic heterocycles. The van der Waals surface area contributed by atoms with Crippen molar-refractivity contribution >= 4 is 0 Å². The van der Waals surface area contributed by atoms with Crippen LogP contribution < -0.4 is 5.32 Å². The summed E-state index contributed by atoms with van der Waals surface area (Å²) in [6, 6.07) is 0.638. The number of nitrogens with one attached hydrogen (secondary N) is 1. The molecule has 2 fully saturated rings. The SMILES string of the molecule is CC(C)CCNC1CC(CCO)CN(CC2CCC2)C1. The Morgan fingerprint density at radius 3 is 2.60 bits per heavy atom. The summed E-state index contributed by atoms with van der Waals surface area (Å²) >= 11 is 0. The van der Waals surface area contributed by atoms with Crippen LogP contribution in [0.4, 0.5) is 0 Å². The van der Waals surface area contributed by atoms with E-state index in [-0.39, 0.29) is 0 Å². The van der Waals surface area contributed by atoms with Crippen molar-refractivity contribution in [3.05, 3.63) is 0 Å². The second kappa shape index (κ2) is 8.35. The number of hydrogen-bond acceptors (Lipinski definition) is 3. The Labute approximate surface area is 125 Å². The molecule has 3 heteroatoms. The number of aliphatic hydroxyl groups is 1. The van der Waals surface area contributed by atoms with E-state index in [0.717, 1.165) is 24.8 Å². The van der Waals surface area contributed by atoms with Crippen LogP contribution in [0.25, 0.3) is 0 Å². The molecule has 0 bridgehead atoms. The maximum Gasteiger partial charge on any atom is 0.0434 e. The lowest BCUT2D eigenvalue weighted by atomic mass is 9.83. The first-order valence-electron chi connectivity index (χ1n) is 8.74. The summed E-state index contributed by atoms with van der Waals surface area (Å²) in [5, 5.41) is 13.0. The zero-order valence-corrected chi connectivity index (χ0v) is 13.5. The molecule has 1 heterocycles. The summed E-state index contributed by atoms with van der Waals surface area (Å²) in [4.78, 5) is 2.67.